The van der Waals surface area contributed by atoms with Gasteiger partial charge in [0.15, 0.2) is 0 Å². The lowest BCUT2D eigenvalue weighted by molar-refractivity contribution is -0.288. The summed E-state index contributed by atoms with van der Waals surface area (Å²) in [4.78, 5) is 22.5. The van der Waals surface area contributed by atoms with Gasteiger partial charge in [-0.15, -0.1) is 0 Å². The number of alkyl halides is 3. The molecule has 0 aliphatic carbocycles. The van der Waals surface area contributed by atoms with Crippen molar-refractivity contribution in [2.45, 2.75) is 39.6 Å². The molecule has 0 aromatic carbocycles. The highest BCUT2D eigenvalue weighted by molar-refractivity contribution is 5.86. The van der Waals surface area contributed by atoms with E-state index in [2.05, 4.69) is 9.47 Å². The predicted octanol–water partition coefficient (Wildman–Crippen LogP) is 1.62. The Morgan fingerprint density at radius 3 is 2.11 bits per heavy atom. The Labute approximate surface area is 109 Å². The third-order valence-electron chi connectivity index (χ3n) is 1.95. The molecule has 1 N–H and O–H groups in total. The van der Waals surface area contributed by atoms with Gasteiger partial charge in [-0.25, -0.2) is 4.79 Å². The molecule has 0 aliphatic heterocycles. The molecule has 0 spiro atoms. The van der Waals surface area contributed by atoms with Gasteiger partial charge in [-0.3, -0.25) is 4.79 Å². The van der Waals surface area contributed by atoms with Crippen molar-refractivity contribution in [3.05, 3.63) is 0 Å². The number of halogens is 3. The van der Waals surface area contributed by atoms with Crippen LogP contribution in [0.2, 0.25) is 0 Å². The van der Waals surface area contributed by atoms with Gasteiger partial charge in [-0.05, 0) is 12.8 Å². The zero-order valence-electron chi connectivity index (χ0n) is 11.3. The summed E-state index contributed by atoms with van der Waals surface area (Å²) in [5, 5.41) is 1.51. The molecular weight excluding hydrogens is 267 g/mol. The van der Waals surface area contributed by atoms with Crippen LogP contribution >= 0.6 is 0 Å². The molecule has 1 atom stereocenters. The second kappa shape index (κ2) is 6.74. The largest absolute Gasteiger partial charge is 0.462 e. The number of amides is 1. The van der Waals surface area contributed by atoms with Crippen LogP contribution in [0.1, 0.15) is 27.7 Å². The first-order valence-electron chi connectivity index (χ1n) is 5.73. The van der Waals surface area contributed by atoms with Crippen LogP contribution in [0, 0.1) is 5.92 Å². The van der Waals surface area contributed by atoms with E-state index in [0.29, 0.717) is 0 Å². The van der Waals surface area contributed by atoms with Gasteiger partial charge >= 0.3 is 17.9 Å². The van der Waals surface area contributed by atoms with Crippen molar-refractivity contribution in [1.82, 2.24) is 5.32 Å². The first-order valence-corrected chi connectivity index (χ1v) is 5.73. The van der Waals surface area contributed by atoms with E-state index in [-0.39, 0.29) is 19.1 Å². The van der Waals surface area contributed by atoms with Crippen LogP contribution in [0.4, 0.5) is 13.2 Å². The molecule has 1 amide bonds. The summed E-state index contributed by atoms with van der Waals surface area (Å²) in [6, 6.07) is 0. The molecule has 0 unspecified atom stereocenters. The van der Waals surface area contributed by atoms with E-state index in [0.717, 1.165) is 6.92 Å². The highest BCUT2D eigenvalue weighted by Crippen LogP contribution is 2.33. The minimum Gasteiger partial charge on any atom is -0.462 e. The van der Waals surface area contributed by atoms with E-state index < -0.39 is 23.8 Å². The minimum absolute atomic E-state index is 0.259. The summed E-state index contributed by atoms with van der Waals surface area (Å²) in [5.74, 6) is -2.99. The van der Waals surface area contributed by atoms with Gasteiger partial charge in [0.05, 0.1) is 13.2 Å². The molecule has 0 rings (SSSR count). The van der Waals surface area contributed by atoms with E-state index in [9.17, 15) is 22.8 Å². The minimum atomic E-state index is -5.13. The molecule has 0 heterocycles. The summed E-state index contributed by atoms with van der Waals surface area (Å²) in [6.07, 6.45) is -5.13. The van der Waals surface area contributed by atoms with E-state index in [1.54, 1.807) is 13.8 Å². The number of nitrogens with one attached hydrogen (secondary N) is 1. The molecule has 0 aliphatic rings. The number of ether oxygens (including phenoxy) is 2. The van der Waals surface area contributed by atoms with Crippen molar-refractivity contribution in [2.75, 3.05) is 13.2 Å². The molecule has 0 aromatic heterocycles. The summed E-state index contributed by atoms with van der Waals surface area (Å²) >= 11 is 0. The van der Waals surface area contributed by atoms with Crippen LogP contribution in [-0.4, -0.2) is 37.0 Å². The molecule has 8 heteroatoms. The molecule has 19 heavy (non-hydrogen) atoms. The lowest BCUT2D eigenvalue weighted by Crippen LogP contribution is -2.66. The standard InChI is InChI=1S/C11H18F3NO4/c1-5-18-9(17)10(11(12,13)14,15-8(4)16)19-6-7(2)3/h7H,5-6H2,1-4H3,(H,15,16)/t10-/m0/s1. The fourth-order valence-corrected chi connectivity index (χ4v) is 1.19. The monoisotopic (exact) mass is 285 g/mol. The summed E-state index contributed by atoms with van der Waals surface area (Å²) < 4.78 is 48.4. The van der Waals surface area contributed by atoms with Crippen LogP contribution in [-0.2, 0) is 19.1 Å². The lowest BCUT2D eigenvalue weighted by atomic mass is 10.2. The highest BCUT2D eigenvalue weighted by atomic mass is 19.4. The molecule has 0 saturated heterocycles. The Morgan fingerprint density at radius 1 is 1.26 bits per heavy atom. The predicted molar refractivity (Wildman–Crippen MR) is 60.0 cm³/mol. The second-order valence-electron chi connectivity index (χ2n) is 4.29. The Morgan fingerprint density at radius 2 is 1.79 bits per heavy atom. The van der Waals surface area contributed by atoms with Crippen molar-refractivity contribution >= 4 is 11.9 Å². The van der Waals surface area contributed by atoms with Crippen molar-refractivity contribution in [3.8, 4) is 0 Å². The van der Waals surface area contributed by atoms with Crippen molar-refractivity contribution < 1.29 is 32.2 Å². The molecule has 0 bridgehead atoms. The number of esters is 1. The Bertz CT molecular complexity index is 330. The molecule has 0 fully saturated rings. The number of carbonyl (C=O) groups is 2. The zero-order chi connectivity index (χ0) is 15.3. The van der Waals surface area contributed by atoms with Crippen molar-refractivity contribution in [3.63, 3.8) is 0 Å². The molecule has 0 radical (unpaired) electrons. The fraction of sp³-hybridized carbons (Fsp3) is 0.818. The molecular formula is C11H18F3NO4. The van der Waals surface area contributed by atoms with Gasteiger partial charge in [0.2, 0.25) is 5.91 Å². The maximum atomic E-state index is 13.1. The van der Waals surface area contributed by atoms with Crippen LogP contribution in [0.5, 0.6) is 0 Å². The highest BCUT2D eigenvalue weighted by Gasteiger charge is 2.64. The third-order valence-corrected chi connectivity index (χ3v) is 1.95. The Balaban J connectivity index is 5.44. The normalized spacial score (nSPS) is 14.9. The average Bonchev–Trinajstić information content (AvgIpc) is 2.21. The Hall–Kier alpha value is -1.31. The lowest BCUT2D eigenvalue weighted by Gasteiger charge is -2.33. The number of carbonyl (C=O) groups excluding carboxylic acids is 2. The van der Waals surface area contributed by atoms with Crippen molar-refractivity contribution in [2.24, 2.45) is 5.92 Å². The van der Waals surface area contributed by atoms with Crippen LogP contribution < -0.4 is 5.32 Å². The maximum Gasteiger partial charge on any atom is 0.448 e. The van der Waals surface area contributed by atoms with Gasteiger partial charge in [0, 0.05) is 6.92 Å². The SMILES string of the molecule is CCOC(=O)[C@](NC(C)=O)(OCC(C)C)C(F)(F)F. The average molecular weight is 285 g/mol. The number of hydrogen-bond donors (Lipinski definition) is 1. The summed E-state index contributed by atoms with van der Waals surface area (Å²) in [7, 11) is 0. The van der Waals surface area contributed by atoms with Crippen LogP contribution in [0.15, 0.2) is 0 Å². The van der Waals surface area contributed by atoms with E-state index >= 15 is 0 Å². The first kappa shape index (κ1) is 17.7. The molecule has 112 valence electrons. The number of rotatable bonds is 6. The van der Waals surface area contributed by atoms with Gasteiger partial charge in [0.25, 0.3) is 0 Å². The molecule has 0 saturated carbocycles. The fourth-order valence-electron chi connectivity index (χ4n) is 1.19. The van der Waals surface area contributed by atoms with Crippen LogP contribution in [0.25, 0.3) is 0 Å². The maximum absolute atomic E-state index is 13.1. The van der Waals surface area contributed by atoms with Gasteiger partial charge in [-0.2, -0.15) is 13.2 Å². The summed E-state index contributed by atoms with van der Waals surface area (Å²) in [6.45, 7) is 4.81. The van der Waals surface area contributed by atoms with Crippen LogP contribution in [0.3, 0.4) is 0 Å². The van der Waals surface area contributed by atoms with Gasteiger partial charge in [-0.1, -0.05) is 13.8 Å². The third kappa shape index (κ3) is 4.70. The molecule has 5 nitrogen and oxygen atoms in total. The number of hydrogen-bond acceptors (Lipinski definition) is 4. The second-order valence-corrected chi connectivity index (χ2v) is 4.29. The van der Waals surface area contributed by atoms with E-state index in [1.165, 1.54) is 12.2 Å². The van der Waals surface area contributed by atoms with E-state index in [1.807, 2.05) is 0 Å². The molecule has 0 aromatic rings. The van der Waals surface area contributed by atoms with Crippen molar-refractivity contribution in [1.29, 1.82) is 0 Å². The topological polar surface area (TPSA) is 64.6 Å². The smallest absolute Gasteiger partial charge is 0.448 e. The Kier molecular flexibility index (Phi) is 6.28. The quantitative estimate of drug-likeness (QED) is 0.595. The first-order chi connectivity index (χ1) is 8.56. The summed E-state index contributed by atoms with van der Waals surface area (Å²) in [5.41, 5.74) is -3.46. The zero-order valence-corrected chi connectivity index (χ0v) is 11.3. The van der Waals surface area contributed by atoms with E-state index in [4.69, 9.17) is 0 Å². The van der Waals surface area contributed by atoms with Gasteiger partial charge < -0.3 is 14.8 Å². The van der Waals surface area contributed by atoms with Gasteiger partial charge in [0.1, 0.15) is 0 Å².